The summed E-state index contributed by atoms with van der Waals surface area (Å²) in [6, 6.07) is 60.5. The lowest BCUT2D eigenvalue weighted by Crippen LogP contribution is -1.90. The maximum atomic E-state index is 2.44. The third kappa shape index (κ3) is 3.95. The van der Waals surface area contributed by atoms with Crippen LogP contribution < -0.4 is 0 Å². The second-order valence-electron chi connectivity index (χ2n) is 12.8. The number of rotatable bonds is 3. The molecule has 0 nitrogen and oxygen atoms in total. The van der Waals surface area contributed by atoms with E-state index in [0.29, 0.717) is 0 Å². The normalized spacial score (nSPS) is 11.9. The molecule has 0 bridgehead atoms. The van der Waals surface area contributed by atoms with E-state index in [-0.39, 0.29) is 0 Å². The zero-order valence-corrected chi connectivity index (χ0v) is 27.3. The van der Waals surface area contributed by atoms with E-state index in [1.54, 1.807) is 0 Å². The summed E-state index contributed by atoms with van der Waals surface area (Å²) in [6.07, 6.45) is 0. The molecular weight excluding hydrogens is 597 g/mol. The lowest BCUT2D eigenvalue weighted by molar-refractivity contribution is 1.58. The van der Waals surface area contributed by atoms with Gasteiger partial charge in [0, 0.05) is 25.7 Å². The predicted molar refractivity (Wildman–Crippen MR) is 210 cm³/mol. The van der Waals surface area contributed by atoms with Crippen molar-refractivity contribution in [2.75, 3.05) is 0 Å². The van der Waals surface area contributed by atoms with E-state index in [4.69, 9.17) is 0 Å². The summed E-state index contributed by atoms with van der Waals surface area (Å²) in [6.45, 7) is 2.26. The molecule has 10 rings (SSSR count). The highest BCUT2D eigenvalue weighted by molar-refractivity contribution is 7.26. The quantitative estimate of drug-likeness (QED) is 0.171. The summed E-state index contributed by atoms with van der Waals surface area (Å²) in [4.78, 5) is 0. The van der Waals surface area contributed by atoms with Crippen molar-refractivity contribution in [2.24, 2.45) is 0 Å². The number of benzene rings is 9. The van der Waals surface area contributed by atoms with Crippen LogP contribution in [0.4, 0.5) is 0 Å². The molecule has 9 aromatic carbocycles. The van der Waals surface area contributed by atoms with Gasteiger partial charge >= 0.3 is 0 Å². The van der Waals surface area contributed by atoms with Crippen LogP contribution in [0.25, 0.3) is 96.6 Å². The van der Waals surface area contributed by atoms with Gasteiger partial charge in [0.2, 0.25) is 0 Å². The first kappa shape index (κ1) is 27.4. The number of aryl methyl sites for hydroxylation is 1. The van der Waals surface area contributed by atoms with E-state index in [2.05, 4.69) is 171 Å². The van der Waals surface area contributed by atoms with Crippen LogP contribution in [0, 0.1) is 6.92 Å². The Balaban J connectivity index is 1.26. The van der Waals surface area contributed by atoms with Gasteiger partial charge in [-0.15, -0.1) is 11.3 Å². The second kappa shape index (κ2) is 10.6. The van der Waals surface area contributed by atoms with Gasteiger partial charge in [-0.2, -0.15) is 0 Å². The first-order valence-corrected chi connectivity index (χ1v) is 17.4. The molecule has 0 fully saturated rings. The summed E-state index contributed by atoms with van der Waals surface area (Å²) in [5, 5.41) is 13.1. The third-order valence-electron chi connectivity index (χ3n) is 10.3. The van der Waals surface area contributed by atoms with E-state index in [9.17, 15) is 0 Å². The molecule has 0 aliphatic carbocycles. The first-order chi connectivity index (χ1) is 23.8. The number of fused-ring (bicyclic) bond motifs is 7. The number of thiophene rings is 1. The molecule has 0 N–H and O–H groups in total. The van der Waals surface area contributed by atoms with Crippen molar-refractivity contribution in [3.05, 3.63) is 169 Å². The molecule has 1 heteroatoms. The molecule has 1 heterocycles. The van der Waals surface area contributed by atoms with E-state index in [0.717, 1.165) is 0 Å². The fourth-order valence-corrected chi connectivity index (χ4v) is 9.40. The number of hydrogen-bond acceptors (Lipinski definition) is 1. The van der Waals surface area contributed by atoms with Gasteiger partial charge in [-0.05, 0) is 89.5 Å². The summed E-state index contributed by atoms with van der Waals surface area (Å²) >= 11 is 1.92. The van der Waals surface area contributed by atoms with Gasteiger partial charge in [0.25, 0.3) is 0 Å². The Labute approximate surface area is 283 Å². The van der Waals surface area contributed by atoms with Gasteiger partial charge in [0.05, 0.1) is 0 Å². The van der Waals surface area contributed by atoms with Crippen molar-refractivity contribution >= 4 is 74.6 Å². The minimum Gasteiger partial charge on any atom is -0.135 e. The summed E-state index contributed by atoms with van der Waals surface area (Å²) < 4.78 is 2.66. The molecule has 224 valence electrons. The van der Waals surface area contributed by atoms with E-state index >= 15 is 0 Å². The molecular formula is C47H30S. The maximum absolute atomic E-state index is 2.44. The molecule has 0 saturated heterocycles. The SMILES string of the molecule is Cc1c2ccccc2c(-c2cccc3c2sc2cc(-c4c5ccccc5c(-c5ccccc5)c5ccccc45)ccc23)c2ccccc12. The zero-order chi connectivity index (χ0) is 31.8. The van der Waals surface area contributed by atoms with E-state index < -0.39 is 0 Å². The number of hydrogen-bond donors (Lipinski definition) is 0. The Morgan fingerprint density at radius 1 is 0.333 bits per heavy atom. The largest absolute Gasteiger partial charge is 0.135 e. The van der Waals surface area contributed by atoms with Crippen LogP contribution in [-0.4, -0.2) is 0 Å². The van der Waals surface area contributed by atoms with Crippen LogP contribution in [0.15, 0.2) is 164 Å². The van der Waals surface area contributed by atoms with Crippen LogP contribution in [0.1, 0.15) is 5.56 Å². The third-order valence-corrected chi connectivity index (χ3v) is 11.5. The van der Waals surface area contributed by atoms with Gasteiger partial charge in [-0.1, -0.05) is 158 Å². The summed E-state index contributed by atoms with van der Waals surface area (Å²) in [7, 11) is 0. The average Bonchev–Trinajstić information content (AvgIpc) is 3.53. The average molecular weight is 627 g/mol. The maximum Gasteiger partial charge on any atom is 0.0434 e. The summed E-state index contributed by atoms with van der Waals surface area (Å²) in [5.74, 6) is 0. The molecule has 0 aliphatic heterocycles. The van der Waals surface area contributed by atoms with Crippen LogP contribution in [-0.2, 0) is 0 Å². The lowest BCUT2D eigenvalue weighted by atomic mass is 9.86. The van der Waals surface area contributed by atoms with Crippen molar-refractivity contribution in [2.45, 2.75) is 6.92 Å². The minimum absolute atomic E-state index is 1.25. The van der Waals surface area contributed by atoms with Crippen molar-refractivity contribution in [3.63, 3.8) is 0 Å². The molecule has 0 atom stereocenters. The fourth-order valence-electron chi connectivity index (χ4n) is 8.14. The molecule has 1 aromatic heterocycles. The zero-order valence-electron chi connectivity index (χ0n) is 26.5. The Kier molecular flexibility index (Phi) is 6.06. The first-order valence-electron chi connectivity index (χ1n) is 16.6. The lowest BCUT2D eigenvalue weighted by Gasteiger charge is -2.17. The molecule has 48 heavy (non-hydrogen) atoms. The van der Waals surface area contributed by atoms with Gasteiger partial charge in [0.15, 0.2) is 0 Å². The van der Waals surface area contributed by atoms with Crippen molar-refractivity contribution in [1.82, 2.24) is 0 Å². The Bertz CT molecular complexity index is 2780. The monoisotopic (exact) mass is 626 g/mol. The minimum atomic E-state index is 1.25. The van der Waals surface area contributed by atoms with Crippen LogP contribution in [0.5, 0.6) is 0 Å². The molecule has 0 saturated carbocycles. The standard InChI is InChI=1S/C47H30S/c1-29-32-16-5-7-18-35(32)46(36-19-8-6-17-33(29)36)42-25-13-24-41-34-27-26-31(28-43(34)48-47(41)42)45-39-22-11-9-20-37(39)44(30-14-3-2-4-15-30)38-21-10-12-23-40(38)45/h2-28H,1H3. The summed E-state index contributed by atoms with van der Waals surface area (Å²) in [5.41, 5.74) is 9.10. The van der Waals surface area contributed by atoms with Gasteiger partial charge in [-0.3, -0.25) is 0 Å². The predicted octanol–water partition coefficient (Wildman–Crippen LogP) is 14.0. The highest BCUT2D eigenvalue weighted by Crippen LogP contribution is 2.48. The van der Waals surface area contributed by atoms with Gasteiger partial charge < -0.3 is 0 Å². The molecule has 10 aromatic rings. The Morgan fingerprint density at radius 3 is 1.35 bits per heavy atom. The van der Waals surface area contributed by atoms with E-state index in [1.807, 2.05) is 11.3 Å². The smallest absolute Gasteiger partial charge is 0.0434 e. The molecule has 0 aliphatic rings. The molecule has 0 amide bonds. The highest BCUT2D eigenvalue weighted by Gasteiger charge is 2.19. The molecule has 0 radical (unpaired) electrons. The Hall–Kier alpha value is -5.76. The van der Waals surface area contributed by atoms with Crippen LogP contribution in [0.3, 0.4) is 0 Å². The van der Waals surface area contributed by atoms with Crippen LogP contribution in [0.2, 0.25) is 0 Å². The highest BCUT2D eigenvalue weighted by atomic mass is 32.1. The molecule has 0 unspecified atom stereocenters. The fraction of sp³-hybridized carbons (Fsp3) is 0.0213. The van der Waals surface area contributed by atoms with Crippen LogP contribution >= 0.6 is 11.3 Å². The van der Waals surface area contributed by atoms with Gasteiger partial charge in [-0.25, -0.2) is 0 Å². The second-order valence-corrected chi connectivity index (χ2v) is 13.8. The van der Waals surface area contributed by atoms with Crippen molar-refractivity contribution in [3.8, 4) is 33.4 Å². The van der Waals surface area contributed by atoms with E-state index in [1.165, 1.54) is 102 Å². The van der Waals surface area contributed by atoms with Crippen molar-refractivity contribution in [1.29, 1.82) is 0 Å². The van der Waals surface area contributed by atoms with Gasteiger partial charge in [0.1, 0.15) is 0 Å². The molecule has 0 spiro atoms. The Morgan fingerprint density at radius 2 is 0.792 bits per heavy atom. The van der Waals surface area contributed by atoms with Crippen molar-refractivity contribution < 1.29 is 0 Å². The topological polar surface area (TPSA) is 0 Å².